The molecule has 0 atom stereocenters. The quantitative estimate of drug-likeness (QED) is 0.850. The van der Waals surface area contributed by atoms with Gasteiger partial charge in [-0.25, -0.2) is 24.1 Å². The van der Waals surface area contributed by atoms with Crippen molar-refractivity contribution in [2.45, 2.75) is 44.9 Å². The Morgan fingerprint density at radius 1 is 1.35 bits per heavy atom. The number of amides is 1. The Hall–Kier alpha value is -2.18. The molecule has 7 heteroatoms. The Balaban J connectivity index is 2.09. The van der Waals surface area contributed by atoms with Gasteiger partial charge in [0.25, 0.3) is 0 Å². The molecule has 0 N–H and O–H groups in total. The summed E-state index contributed by atoms with van der Waals surface area (Å²) in [7, 11) is 3.32. The van der Waals surface area contributed by atoms with Crippen LogP contribution in [0, 0.1) is 0 Å². The van der Waals surface area contributed by atoms with E-state index in [0.29, 0.717) is 23.6 Å². The Bertz CT molecular complexity index is 786. The number of fused-ring (bicyclic) bond motifs is 1. The fraction of sp³-hybridized carbons (Fsp3) is 0.625. The highest BCUT2D eigenvalue weighted by Crippen LogP contribution is 2.30. The summed E-state index contributed by atoms with van der Waals surface area (Å²) in [5.74, 6) is 1.15. The van der Waals surface area contributed by atoms with E-state index >= 15 is 0 Å². The molecule has 7 nitrogen and oxygen atoms in total. The molecule has 2 aromatic heterocycles. The van der Waals surface area contributed by atoms with E-state index in [2.05, 4.69) is 9.97 Å². The van der Waals surface area contributed by atoms with Crippen molar-refractivity contribution in [1.82, 2.24) is 24.0 Å². The average Bonchev–Trinajstić information content (AvgIpc) is 2.85. The molecule has 0 aliphatic heterocycles. The maximum Gasteiger partial charge on any atom is 0.338 e. The van der Waals surface area contributed by atoms with Gasteiger partial charge < -0.3 is 4.90 Å². The lowest BCUT2D eigenvalue weighted by Crippen LogP contribution is -2.37. The fourth-order valence-electron chi connectivity index (χ4n) is 3.18. The van der Waals surface area contributed by atoms with Gasteiger partial charge in [0.1, 0.15) is 11.3 Å². The van der Waals surface area contributed by atoms with Gasteiger partial charge in [-0.3, -0.25) is 4.57 Å². The number of hydrogen-bond acceptors (Lipinski definition) is 4. The van der Waals surface area contributed by atoms with Gasteiger partial charge in [0.2, 0.25) is 0 Å². The lowest BCUT2D eigenvalue weighted by molar-refractivity contribution is 0.212. The van der Waals surface area contributed by atoms with Crippen molar-refractivity contribution >= 4 is 17.2 Å². The van der Waals surface area contributed by atoms with Gasteiger partial charge in [-0.2, -0.15) is 0 Å². The van der Waals surface area contributed by atoms with Crippen molar-refractivity contribution in [2.24, 2.45) is 7.05 Å². The smallest absolute Gasteiger partial charge is 0.327 e. The Kier molecular flexibility index (Phi) is 4.19. The molecule has 124 valence electrons. The first-order chi connectivity index (χ1) is 11.0. The summed E-state index contributed by atoms with van der Waals surface area (Å²) in [5.41, 5.74) is 0.631. The third-order valence-electron chi connectivity index (χ3n) is 4.77. The van der Waals surface area contributed by atoms with Gasteiger partial charge in [-0.05, 0) is 19.8 Å². The highest BCUT2D eigenvalue weighted by Gasteiger charge is 2.23. The molecule has 1 aliphatic rings. The van der Waals surface area contributed by atoms with Crippen LogP contribution in [0.15, 0.2) is 11.0 Å². The molecule has 1 saturated carbocycles. The van der Waals surface area contributed by atoms with Crippen LogP contribution >= 0.6 is 0 Å². The van der Waals surface area contributed by atoms with Gasteiger partial charge >= 0.3 is 11.7 Å². The number of carbonyl (C=O) groups is 1. The summed E-state index contributed by atoms with van der Waals surface area (Å²) < 4.78 is 2.59. The summed E-state index contributed by atoms with van der Waals surface area (Å²) in [6.07, 6.45) is 7.48. The highest BCUT2D eigenvalue weighted by atomic mass is 16.2. The highest BCUT2D eigenvalue weighted by molar-refractivity contribution is 5.87. The molecule has 0 saturated heterocycles. The number of hydrogen-bond donors (Lipinski definition) is 0. The summed E-state index contributed by atoms with van der Waals surface area (Å²) in [4.78, 5) is 35.4. The van der Waals surface area contributed by atoms with Crippen LogP contribution in [0.5, 0.6) is 0 Å². The molecule has 0 aromatic carbocycles. The van der Waals surface area contributed by atoms with Crippen molar-refractivity contribution in [2.75, 3.05) is 13.6 Å². The van der Waals surface area contributed by atoms with E-state index in [4.69, 9.17) is 0 Å². The molecule has 3 rings (SSSR count). The first-order valence-corrected chi connectivity index (χ1v) is 8.24. The minimum atomic E-state index is -0.375. The molecule has 23 heavy (non-hydrogen) atoms. The van der Waals surface area contributed by atoms with Crippen molar-refractivity contribution < 1.29 is 4.79 Å². The standard InChI is InChI=1S/C16H23N5O2/c1-4-19(2)15(22)21-12-10-17-13(11-8-6-5-7-9-11)18-14(12)20(3)16(21)23/h10-11H,4-9H2,1-3H3. The van der Waals surface area contributed by atoms with E-state index in [9.17, 15) is 9.59 Å². The minimum absolute atomic E-state index is 0.350. The third-order valence-corrected chi connectivity index (χ3v) is 4.77. The largest absolute Gasteiger partial charge is 0.338 e. The molecule has 1 aliphatic carbocycles. The number of carbonyl (C=O) groups excluding carboxylic acids is 1. The topological polar surface area (TPSA) is 73.0 Å². The van der Waals surface area contributed by atoms with Gasteiger partial charge in [0.15, 0.2) is 5.65 Å². The zero-order valence-corrected chi connectivity index (χ0v) is 13.9. The van der Waals surface area contributed by atoms with Crippen LogP contribution in [0.25, 0.3) is 11.2 Å². The summed E-state index contributed by atoms with van der Waals surface area (Å²) in [5, 5.41) is 0. The van der Waals surface area contributed by atoms with Crippen LogP contribution in [0.4, 0.5) is 4.79 Å². The van der Waals surface area contributed by atoms with E-state index in [1.165, 1.54) is 28.7 Å². The van der Waals surface area contributed by atoms with Crippen LogP contribution in [-0.2, 0) is 7.05 Å². The first-order valence-electron chi connectivity index (χ1n) is 8.24. The second kappa shape index (κ2) is 6.14. The maximum absolute atomic E-state index is 12.4. The number of imidazole rings is 1. The zero-order valence-electron chi connectivity index (χ0n) is 13.9. The van der Waals surface area contributed by atoms with Gasteiger partial charge in [0, 0.05) is 26.6 Å². The Labute approximate surface area is 134 Å². The monoisotopic (exact) mass is 317 g/mol. The Morgan fingerprint density at radius 3 is 2.70 bits per heavy atom. The van der Waals surface area contributed by atoms with Crippen molar-refractivity contribution in [3.63, 3.8) is 0 Å². The van der Waals surface area contributed by atoms with E-state index in [0.717, 1.165) is 23.2 Å². The molecule has 1 fully saturated rings. The van der Waals surface area contributed by atoms with E-state index in [-0.39, 0.29) is 11.7 Å². The predicted octanol–water partition coefficient (Wildman–Crippen LogP) is 2.10. The minimum Gasteiger partial charge on any atom is -0.327 e. The SMILES string of the molecule is CCN(C)C(=O)n1c(=O)n(C)c2nc(C3CCCCC3)ncc21. The molecule has 0 spiro atoms. The maximum atomic E-state index is 12.4. The number of aryl methyl sites for hydroxylation is 1. The summed E-state index contributed by atoms with van der Waals surface area (Å²) in [6.45, 7) is 2.40. The van der Waals surface area contributed by atoms with E-state index < -0.39 is 0 Å². The molecule has 0 unspecified atom stereocenters. The van der Waals surface area contributed by atoms with Crippen LogP contribution in [0.3, 0.4) is 0 Å². The fourth-order valence-corrected chi connectivity index (χ4v) is 3.18. The lowest BCUT2D eigenvalue weighted by Gasteiger charge is -2.20. The molecule has 2 heterocycles. The van der Waals surface area contributed by atoms with Crippen LogP contribution in [0.1, 0.15) is 50.8 Å². The Morgan fingerprint density at radius 2 is 2.04 bits per heavy atom. The summed E-state index contributed by atoms with van der Waals surface area (Å²) >= 11 is 0. The molecular weight excluding hydrogens is 294 g/mol. The summed E-state index contributed by atoms with van der Waals surface area (Å²) in [6, 6.07) is -0.350. The van der Waals surface area contributed by atoms with Crippen LogP contribution < -0.4 is 5.69 Å². The van der Waals surface area contributed by atoms with Gasteiger partial charge in [-0.1, -0.05) is 19.3 Å². The van der Waals surface area contributed by atoms with Crippen LogP contribution in [0.2, 0.25) is 0 Å². The second-order valence-corrected chi connectivity index (χ2v) is 6.25. The predicted molar refractivity (Wildman–Crippen MR) is 87.7 cm³/mol. The van der Waals surface area contributed by atoms with Crippen LogP contribution in [-0.4, -0.2) is 43.6 Å². The molecule has 2 aromatic rings. The first kappa shape index (κ1) is 15.7. The zero-order chi connectivity index (χ0) is 16.6. The lowest BCUT2D eigenvalue weighted by atomic mass is 9.89. The average molecular weight is 317 g/mol. The normalized spacial score (nSPS) is 16.0. The van der Waals surface area contributed by atoms with Gasteiger partial charge in [-0.15, -0.1) is 0 Å². The number of rotatable bonds is 2. The molecular formula is C16H23N5O2. The van der Waals surface area contributed by atoms with E-state index in [1.807, 2.05) is 6.92 Å². The molecule has 1 amide bonds. The molecule has 0 radical (unpaired) electrons. The third kappa shape index (κ3) is 2.64. The number of nitrogens with zero attached hydrogens (tertiary/aromatic N) is 5. The second-order valence-electron chi connectivity index (χ2n) is 6.25. The van der Waals surface area contributed by atoms with Gasteiger partial charge in [0.05, 0.1) is 6.20 Å². The van der Waals surface area contributed by atoms with Crippen molar-refractivity contribution in [3.05, 3.63) is 22.5 Å². The van der Waals surface area contributed by atoms with Crippen molar-refractivity contribution in [3.8, 4) is 0 Å². The molecule has 0 bridgehead atoms. The van der Waals surface area contributed by atoms with Crippen molar-refractivity contribution in [1.29, 1.82) is 0 Å². The number of aromatic nitrogens is 4. The van der Waals surface area contributed by atoms with E-state index in [1.54, 1.807) is 20.3 Å².